The molecule has 6 nitrogen and oxygen atoms in total. The zero-order chi connectivity index (χ0) is 12.7. The summed E-state index contributed by atoms with van der Waals surface area (Å²) >= 11 is 0. The number of hydrogen-bond acceptors (Lipinski definition) is 4. The standard InChI is InChI=1S/C10H11FN4O2/c1-17-10(16)9(6-13-15-12)14-8-4-2-3-7(11)5-8/h2-5,9,14H,6H2,1H3. The van der Waals surface area contributed by atoms with Crippen LogP contribution in [0.1, 0.15) is 0 Å². The van der Waals surface area contributed by atoms with Gasteiger partial charge in [-0.25, -0.2) is 9.18 Å². The molecule has 0 fully saturated rings. The van der Waals surface area contributed by atoms with Crippen molar-refractivity contribution in [1.82, 2.24) is 0 Å². The van der Waals surface area contributed by atoms with Gasteiger partial charge in [-0.3, -0.25) is 0 Å². The van der Waals surface area contributed by atoms with Crippen molar-refractivity contribution in [3.05, 3.63) is 40.5 Å². The number of carbonyl (C=O) groups is 1. The van der Waals surface area contributed by atoms with Crippen molar-refractivity contribution in [2.24, 2.45) is 5.11 Å². The highest BCUT2D eigenvalue weighted by Gasteiger charge is 2.17. The van der Waals surface area contributed by atoms with Crippen LogP contribution in [0.25, 0.3) is 10.4 Å². The number of methoxy groups -OCH3 is 1. The van der Waals surface area contributed by atoms with Crippen LogP contribution in [0.5, 0.6) is 0 Å². The molecule has 1 rings (SSSR count). The molecule has 1 N–H and O–H groups in total. The van der Waals surface area contributed by atoms with E-state index in [4.69, 9.17) is 5.53 Å². The molecule has 0 spiro atoms. The first-order chi connectivity index (χ1) is 8.17. The summed E-state index contributed by atoms with van der Waals surface area (Å²) in [6, 6.07) is 4.77. The van der Waals surface area contributed by atoms with Crippen molar-refractivity contribution in [3.8, 4) is 0 Å². The molecule has 1 aromatic carbocycles. The van der Waals surface area contributed by atoms with E-state index < -0.39 is 17.8 Å². The van der Waals surface area contributed by atoms with Crippen LogP contribution >= 0.6 is 0 Å². The van der Waals surface area contributed by atoms with Crippen LogP contribution in [0.4, 0.5) is 10.1 Å². The first-order valence-electron chi connectivity index (χ1n) is 4.78. The molecule has 1 unspecified atom stereocenters. The van der Waals surface area contributed by atoms with Gasteiger partial charge in [-0.05, 0) is 23.7 Å². The molecule has 0 bridgehead atoms. The molecule has 17 heavy (non-hydrogen) atoms. The zero-order valence-corrected chi connectivity index (χ0v) is 9.13. The Hall–Kier alpha value is -2.27. The summed E-state index contributed by atoms with van der Waals surface area (Å²) in [5, 5.41) is 6.01. The summed E-state index contributed by atoms with van der Waals surface area (Å²) < 4.78 is 17.4. The second-order valence-electron chi connectivity index (χ2n) is 3.14. The van der Waals surface area contributed by atoms with Gasteiger partial charge < -0.3 is 10.1 Å². The number of nitrogens with zero attached hydrogens (tertiary/aromatic N) is 3. The molecule has 0 aliphatic heterocycles. The Morgan fingerprint density at radius 1 is 1.71 bits per heavy atom. The lowest BCUT2D eigenvalue weighted by Crippen LogP contribution is -2.33. The lowest BCUT2D eigenvalue weighted by molar-refractivity contribution is -0.141. The fourth-order valence-corrected chi connectivity index (χ4v) is 1.22. The van der Waals surface area contributed by atoms with Gasteiger partial charge in [0, 0.05) is 10.6 Å². The van der Waals surface area contributed by atoms with Crippen molar-refractivity contribution in [2.75, 3.05) is 19.0 Å². The Bertz CT molecular complexity index is 446. The van der Waals surface area contributed by atoms with E-state index in [-0.39, 0.29) is 6.54 Å². The summed E-state index contributed by atoms with van der Waals surface area (Å²) in [7, 11) is 1.22. The number of carbonyl (C=O) groups excluding carboxylic acids is 1. The second-order valence-corrected chi connectivity index (χ2v) is 3.14. The Labute approximate surface area is 97.0 Å². The molecule has 0 amide bonds. The zero-order valence-electron chi connectivity index (χ0n) is 9.13. The van der Waals surface area contributed by atoms with E-state index in [0.29, 0.717) is 5.69 Å². The fraction of sp³-hybridized carbons (Fsp3) is 0.300. The van der Waals surface area contributed by atoms with E-state index in [9.17, 15) is 9.18 Å². The maximum Gasteiger partial charge on any atom is 0.328 e. The molecule has 90 valence electrons. The van der Waals surface area contributed by atoms with Gasteiger partial charge in [0.25, 0.3) is 0 Å². The summed E-state index contributed by atoms with van der Waals surface area (Å²) in [4.78, 5) is 13.9. The lowest BCUT2D eigenvalue weighted by Gasteiger charge is -2.15. The topological polar surface area (TPSA) is 87.1 Å². The lowest BCUT2D eigenvalue weighted by atomic mass is 10.2. The minimum Gasteiger partial charge on any atom is -0.467 e. The Kier molecular flexibility index (Phi) is 4.77. The number of rotatable bonds is 5. The van der Waals surface area contributed by atoms with Crippen LogP contribution in [0.2, 0.25) is 0 Å². The van der Waals surface area contributed by atoms with Crippen molar-refractivity contribution in [1.29, 1.82) is 0 Å². The molecule has 0 saturated carbocycles. The van der Waals surface area contributed by atoms with Crippen LogP contribution in [0, 0.1) is 5.82 Å². The van der Waals surface area contributed by atoms with Crippen molar-refractivity contribution >= 4 is 11.7 Å². The SMILES string of the molecule is COC(=O)C(CN=[N+]=[N-])Nc1cccc(F)c1. The molecule has 0 aliphatic rings. The molecule has 0 aliphatic carbocycles. The van der Waals surface area contributed by atoms with Gasteiger partial charge in [-0.15, -0.1) is 0 Å². The fourth-order valence-electron chi connectivity index (χ4n) is 1.22. The second kappa shape index (κ2) is 6.34. The van der Waals surface area contributed by atoms with E-state index in [1.807, 2.05) is 0 Å². The highest BCUT2D eigenvalue weighted by molar-refractivity contribution is 5.79. The molecule has 1 aromatic rings. The molecule has 0 radical (unpaired) electrons. The number of azide groups is 1. The molecular weight excluding hydrogens is 227 g/mol. The van der Waals surface area contributed by atoms with Crippen LogP contribution in [0.3, 0.4) is 0 Å². The first kappa shape index (κ1) is 12.8. The van der Waals surface area contributed by atoms with Gasteiger partial charge in [0.15, 0.2) is 0 Å². The average molecular weight is 238 g/mol. The van der Waals surface area contributed by atoms with Gasteiger partial charge in [0.1, 0.15) is 11.9 Å². The number of benzene rings is 1. The summed E-state index contributed by atoms with van der Waals surface area (Å²) in [6.45, 7) is -0.111. The number of halogens is 1. The minimum atomic E-state index is -0.835. The highest BCUT2D eigenvalue weighted by Crippen LogP contribution is 2.11. The molecular formula is C10H11FN4O2. The highest BCUT2D eigenvalue weighted by atomic mass is 19.1. The number of hydrogen-bond donors (Lipinski definition) is 1. The molecule has 7 heteroatoms. The van der Waals surface area contributed by atoms with E-state index >= 15 is 0 Å². The maximum atomic E-state index is 12.9. The summed E-state index contributed by atoms with van der Waals surface area (Å²) in [6.07, 6.45) is 0. The predicted octanol–water partition coefficient (Wildman–Crippen LogP) is 2.09. The van der Waals surface area contributed by atoms with Crippen molar-refractivity contribution in [3.63, 3.8) is 0 Å². The minimum absolute atomic E-state index is 0.111. The monoisotopic (exact) mass is 238 g/mol. The van der Waals surface area contributed by atoms with Crippen LogP contribution < -0.4 is 5.32 Å². The third-order valence-corrected chi connectivity index (χ3v) is 1.98. The Balaban J connectivity index is 2.78. The van der Waals surface area contributed by atoms with Crippen LogP contribution in [-0.4, -0.2) is 25.7 Å². The number of anilines is 1. The largest absolute Gasteiger partial charge is 0.467 e. The molecule has 0 aromatic heterocycles. The van der Waals surface area contributed by atoms with Crippen molar-refractivity contribution in [2.45, 2.75) is 6.04 Å². The maximum absolute atomic E-state index is 12.9. The number of ether oxygens (including phenoxy) is 1. The van der Waals surface area contributed by atoms with Crippen molar-refractivity contribution < 1.29 is 13.9 Å². The third kappa shape index (κ3) is 4.00. The van der Waals surface area contributed by atoms with Gasteiger partial charge in [0.05, 0.1) is 13.7 Å². The van der Waals surface area contributed by atoms with Crippen LogP contribution in [0.15, 0.2) is 29.4 Å². The Morgan fingerprint density at radius 3 is 3.06 bits per heavy atom. The van der Waals surface area contributed by atoms with E-state index in [2.05, 4.69) is 20.1 Å². The summed E-state index contributed by atoms with van der Waals surface area (Å²) in [5.74, 6) is -1.01. The normalized spacial score (nSPS) is 11.2. The summed E-state index contributed by atoms with van der Waals surface area (Å²) in [5.41, 5.74) is 8.61. The molecule has 0 heterocycles. The van der Waals surface area contributed by atoms with Gasteiger partial charge in [-0.2, -0.15) is 0 Å². The van der Waals surface area contributed by atoms with E-state index in [1.54, 1.807) is 6.07 Å². The number of esters is 1. The van der Waals surface area contributed by atoms with Crippen LogP contribution in [-0.2, 0) is 9.53 Å². The number of nitrogens with one attached hydrogen (secondary N) is 1. The first-order valence-corrected chi connectivity index (χ1v) is 4.78. The van der Waals surface area contributed by atoms with E-state index in [0.717, 1.165) is 0 Å². The molecule has 1 atom stereocenters. The quantitative estimate of drug-likeness (QED) is 0.368. The predicted molar refractivity (Wildman–Crippen MR) is 59.8 cm³/mol. The molecule has 0 saturated heterocycles. The van der Waals surface area contributed by atoms with E-state index in [1.165, 1.54) is 25.3 Å². The van der Waals surface area contributed by atoms with Gasteiger partial charge in [0.2, 0.25) is 0 Å². The average Bonchev–Trinajstić information content (AvgIpc) is 2.33. The third-order valence-electron chi connectivity index (χ3n) is 1.98. The van der Waals surface area contributed by atoms with Gasteiger partial charge >= 0.3 is 5.97 Å². The Morgan fingerprint density at radius 2 is 2.47 bits per heavy atom. The smallest absolute Gasteiger partial charge is 0.328 e. The van der Waals surface area contributed by atoms with Gasteiger partial charge in [-0.1, -0.05) is 11.2 Å².